The Morgan fingerprint density at radius 2 is 1.67 bits per heavy atom. The van der Waals surface area contributed by atoms with Crippen LogP contribution in [0.3, 0.4) is 0 Å². The molecule has 0 aromatic heterocycles. The van der Waals surface area contributed by atoms with Crippen LogP contribution < -0.4 is 9.62 Å². The summed E-state index contributed by atoms with van der Waals surface area (Å²) in [6.45, 7) is 2.25. The second-order valence-corrected chi connectivity index (χ2v) is 7.56. The van der Waals surface area contributed by atoms with E-state index < -0.39 is 10.0 Å². The maximum absolute atomic E-state index is 11.8. The second kappa shape index (κ2) is 7.77. The van der Waals surface area contributed by atoms with E-state index in [2.05, 4.69) is 4.72 Å². The van der Waals surface area contributed by atoms with Crippen LogP contribution in [-0.4, -0.2) is 53.8 Å². The van der Waals surface area contributed by atoms with E-state index in [1.807, 2.05) is 69.2 Å². The van der Waals surface area contributed by atoms with Gasteiger partial charge < -0.3 is 9.80 Å². The average molecular weight is 313 g/mol. The molecule has 0 aliphatic heterocycles. The lowest BCUT2D eigenvalue weighted by Crippen LogP contribution is -2.35. The molecule has 1 aromatic rings. The van der Waals surface area contributed by atoms with Gasteiger partial charge in [-0.05, 0) is 38.2 Å². The monoisotopic (exact) mass is 313 g/mol. The molecule has 1 N–H and O–H groups in total. The predicted molar refractivity (Wildman–Crippen MR) is 89.3 cm³/mol. The first-order valence-electron chi connectivity index (χ1n) is 7.18. The first-order valence-corrected chi connectivity index (χ1v) is 8.83. The third kappa shape index (κ3) is 5.65. The van der Waals surface area contributed by atoms with Crippen molar-refractivity contribution < 1.29 is 8.42 Å². The molecule has 0 amide bonds. The second-order valence-electron chi connectivity index (χ2n) is 5.63. The molecular formula is C15H27N3O2S. The molecule has 0 heterocycles. The van der Waals surface area contributed by atoms with Crippen LogP contribution in [0.5, 0.6) is 0 Å². The molecule has 1 rings (SSSR count). The molecule has 0 aliphatic carbocycles. The van der Waals surface area contributed by atoms with Crippen molar-refractivity contribution in [2.45, 2.75) is 19.4 Å². The maximum Gasteiger partial charge on any atom is 0.211 e. The number of rotatable bonds is 8. The third-order valence-corrected chi connectivity index (χ3v) is 4.94. The summed E-state index contributed by atoms with van der Waals surface area (Å²) in [7, 11) is 4.73. The fourth-order valence-electron chi connectivity index (χ4n) is 2.14. The largest absolute Gasteiger partial charge is 0.378 e. The first kappa shape index (κ1) is 17.9. The van der Waals surface area contributed by atoms with Crippen LogP contribution >= 0.6 is 0 Å². The highest BCUT2D eigenvalue weighted by atomic mass is 32.2. The number of likely N-dealkylation sites (N-methyl/N-ethyl adjacent to an activating group) is 1. The highest BCUT2D eigenvalue weighted by molar-refractivity contribution is 7.89. The average Bonchev–Trinajstić information content (AvgIpc) is 2.38. The highest BCUT2D eigenvalue weighted by Gasteiger charge is 2.17. The fourth-order valence-corrected chi connectivity index (χ4v) is 3.23. The summed E-state index contributed by atoms with van der Waals surface area (Å²) >= 11 is 0. The standard InChI is InChI=1S/C15H27N3O2S/c1-6-11-21(19,20)16-12-15(18(4)5)13-7-9-14(10-8-13)17(2)3/h7-10,15-16H,6,11-12H2,1-5H3/t15-/m0/s1. The number of benzene rings is 1. The van der Waals surface area contributed by atoms with Crippen molar-refractivity contribution in [3.05, 3.63) is 29.8 Å². The summed E-state index contributed by atoms with van der Waals surface area (Å²) in [4.78, 5) is 4.07. The smallest absolute Gasteiger partial charge is 0.211 e. The number of sulfonamides is 1. The number of hydrogen-bond donors (Lipinski definition) is 1. The Morgan fingerprint density at radius 1 is 1.10 bits per heavy atom. The van der Waals surface area contributed by atoms with E-state index in [4.69, 9.17) is 0 Å². The Kier molecular flexibility index (Phi) is 6.64. The Balaban J connectivity index is 2.82. The van der Waals surface area contributed by atoms with Crippen LogP contribution in [0, 0.1) is 0 Å². The van der Waals surface area contributed by atoms with E-state index in [9.17, 15) is 8.42 Å². The van der Waals surface area contributed by atoms with Crippen molar-refractivity contribution in [2.75, 3.05) is 45.4 Å². The molecule has 1 aromatic carbocycles. The minimum Gasteiger partial charge on any atom is -0.378 e. The summed E-state index contributed by atoms with van der Waals surface area (Å²) in [5, 5.41) is 0. The van der Waals surface area contributed by atoms with E-state index in [1.165, 1.54) is 0 Å². The van der Waals surface area contributed by atoms with Crippen LogP contribution in [0.15, 0.2) is 24.3 Å². The number of hydrogen-bond acceptors (Lipinski definition) is 4. The van der Waals surface area contributed by atoms with E-state index in [0.717, 1.165) is 11.3 Å². The molecular weight excluding hydrogens is 286 g/mol. The van der Waals surface area contributed by atoms with Crippen LogP contribution in [0.4, 0.5) is 5.69 Å². The van der Waals surface area contributed by atoms with Gasteiger partial charge >= 0.3 is 0 Å². The molecule has 5 nitrogen and oxygen atoms in total. The van der Waals surface area contributed by atoms with Gasteiger partial charge in [0.15, 0.2) is 0 Å². The van der Waals surface area contributed by atoms with Gasteiger partial charge in [0, 0.05) is 32.4 Å². The third-order valence-electron chi connectivity index (χ3n) is 3.39. The molecule has 0 aliphatic rings. The summed E-state index contributed by atoms with van der Waals surface area (Å²) in [6, 6.07) is 8.22. The Hall–Kier alpha value is -1.11. The highest BCUT2D eigenvalue weighted by Crippen LogP contribution is 2.21. The lowest BCUT2D eigenvalue weighted by Gasteiger charge is -2.25. The van der Waals surface area contributed by atoms with Gasteiger partial charge in [-0.15, -0.1) is 0 Å². The van der Waals surface area contributed by atoms with Crippen molar-refractivity contribution in [3.8, 4) is 0 Å². The summed E-state index contributed by atoms with van der Waals surface area (Å²) in [5.41, 5.74) is 2.23. The molecule has 0 radical (unpaired) electrons. The van der Waals surface area contributed by atoms with Crippen molar-refractivity contribution in [2.24, 2.45) is 0 Å². The van der Waals surface area contributed by atoms with Gasteiger partial charge in [0.2, 0.25) is 10.0 Å². The van der Waals surface area contributed by atoms with Crippen LogP contribution in [0.1, 0.15) is 24.9 Å². The van der Waals surface area contributed by atoms with E-state index in [1.54, 1.807) is 0 Å². The zero-order valence-corrected chi connectivity index (χ0v) is 14.4. The number of anilines is 1. The number of nitrogens with zero attached hydrogens (tertiary/aromatic N) is 2. The minimum atomic E-state index is -3.17. The molecule has 0 unspecified atom stereocenters. The number of nitrogens with one attached hydrogen (secondary N) is 1. The molecule has 120 valence electrons. The van der Waals surface area contributed by atoms with Gasteiger partial charge in [-0.2, -0.15) is 0 Å². The van der Waals surface area contributed by atoms with E-state index >= 15 is 0 Å². The van der Waals surface area contributed by atoms with Gasteiger partial charge in [0.25, 0.3) is 0 Å². The Morgan fingerprint density at radius 3 is 2.10 bits per heavy atom. The molecule has 0 saturated heterocycles. The summed E-state index contributed by atoms with van der Waals surface area (Å²) < 4.78 is 26.3. The minimum absolute atomic E-state index is 0.0212. The Labute approximate surface area is 129 Å². The Bertz CT molecular complexity index is 524. The fraction of sp³-hybridized carbons (Fsp3) is 0.600. The van der Waals surface area contributed by atoms with Crippen molar-refractivity contribution in [1.82, 2.24) is 9.62 Å². The van der Waals surface area contributed by atoms with Crippen molar-refractivity contribution >= 4 is 15.7 Å². The van der Waals surface area contributed by atoms with Crippen LogP contribution in [0.2, 0.25) is 0 Å². The van der Waals surface area contributed by atoms with Gasteiger partial charge in [-0.3, -0.25) is 0 Å². The molecule has 0 bridgehead atoms. The van der Waals surface area contributed by atoms with E-state index in [-0.39, 0.29) is 11.8 Å². The zero-order valence-electron chi connectivity index (χ0n) is 13.6. The molecule has 21 heavy (non-hydrogen) atoms. The first-order chi connectivity index (χ1) is 9.76. The van der Waals surface area contributed by atoms with Crippen molar-refractivity contribution in [1.29, 1.82) is 0 Å². The van der Waals surface area contributed by atoms with Gasteiger partial charge in [0.1, 0.15) is 0 Å². The SMILES string of the molecule is CCCS(=O)(=O)NC[C@@H](c1ccc(N(C)C)cc1)N(C)C. The topological polar surface area (TPSA) is 52.7 Å². The summed E-state index contributed by atoms with van der Waals surface area (Å²) in [5.74, 6) is 0.173. The van der Waals surface area contributed by atoms with Gasteiger partial charge in [-0.25, -0.2) is 13.1 Å². The van der Waals surface area contributed by atoms with Crippen LogP contribution in [0.25, 0.3) is 0 Å². The normalized spacial score (nSPS) is 13.4. The maximum atomic E-state index is 11.8. The summed E-state index contributed by atoms with van der Waals surface area (Å²) in [6.07, 6.45) is 0.624. The molecule has 0 fully saturated rings. The molecule has 0 spiro atoms. The lowest BCUT2D eigenvalue weighted by molar-refractivity contribution is 0.299. The quantitative estimate of drug-likeness (QED) is 0.793. The zero-order chi connectivity index (χ0) is 16.0. The van der Waals surface area contributed by atoms with Gasteiger partial charge in [0.05, 0.1) is 5.75 Å². The van der Waals surface area contributed by atoms with Crippen molar-refractivity contribution in [3.63, 3.8) is 0 Å². The van der Waals surface area contributed by atoms with Crippen LogP contribution in [-0.2, 0) is 10.0 Å². The lowest BCUT2D eigenvalue weighted by atomic mass is 10.1. The molecule has 1 atom stereocenters. The molecule has 0 saturated carbocycles. The predicted octanol–water partition coefficient (Wildman–Crippen LogP) is 1.68. The molecule has 6 heteroatoms. The van der Waals surface area contributed by atoms with E-state index in [0.29, 0.717) is 13.0 Å². The van der Waals surface area contributed by atoms with Gasteiger partial charge in [-0.1, -0.05) is 19.1 Å².